The van der Waals surface area contributed by atoms with E-state index in [0.717, 1.165) is 57.8 Å². The van der Waals surface area contributed by atoms with Crippen LogP contribution in [0.15, 0.2) is 60.8 Å². The summed E-state index contributed by atoms with van der Waals surface area (Å²) in [6, 6.07) is -0.733. The van der Waals surface area contributed by atoms with Gasteiger partial charge in [-0.1, -0.05) is 171 Å². The Hall–Kier alpha value is -2.97. The molecule has 8 nitrogen and oxygen atoms in total. The molecule has 0 saturated carbocycles. The fraction of sp³-hybridized carbons (Fsp3) is 0.745. The third-order valence-corrected chi connectivity index (χ3v) is 10.4. The van der Waals surface area contributed by atoms with Gasteiger partial charge in [-0.2, -0.15) is 0 Å². The number of allylic oxidation sites excluding steroid dienone is 10. The molecule has 0 aliphatic heterocycles. The van der Waals surface area contributed by atoms with Gasteiger partial charge in [-0.3, -0.25) is 9.59 Å². The fourth-order valence-electron chi connectivity index (χ4n) is 6.68. The standard InChI is InChI=1S/C51H89NO7/c1-6-8-10-12-14-16-18-20-22-23-24-25-26-27-28-30-31-33-35-37-39-41-49(53)58-46-47(45-57-44-43-48(51(55)56)52(3,4)5)59-50(54)42-40-38-36-34-32-29-21-19-17-15-13-11-9-7-2/h14,16,20,22,24-25,27-28,31,33,47-48H,6-13,15,17-19,21,23,26,29-30,32,34-46H2,1-5H3/b16-14+,22-20+,25-24+,28-27+,33-31+. The first kappa shape index (κ1) is 56.0. The summed E-state index contributed by atoms with van der Waals surface area (Å²) in [5.74, 6) is -1.79. The summed E-state index contributed by atoms with van der Waals surface area (Å²) in [5, 5.41) is 11.6. The van der Waals surface area contributed by atoms with E-state index in [1.165, 1.54) is 96.3 Å². The maximum Gasteiger partial charge on any atom is 0.306 e. The first-order valence-corrected chi connectivity index (χ1v) is 23.8. The molecule has 0 spiro atoms. The van der Waals surface area contributed by atoms with E-state index in [4.69, 9.17) is 14.2 Å². The van der Waals surface area contributed by atoms with Crippen molar-refractivity contribution in [2.45, 2.75) is 206 Å². The summed E-state index contributed by atoms with van der Waals surface area (Å²) in [7, 11) is 5.39. The topological polar surface area (TPSA) is 102 Å². The minimum absolute atomic E-state index is 0.0267. The van der Waals surface area contributed by atoms with Crippen molar-refractivity contribution >= 4 is 17.9 Å². The molecule has 0 bridgehead atoms. The monoisotopic (exact) mass is 828 g/mol. The molecule has 2 atom stereocenters. The molecule has 0 rings (SSSR count). The van der Waals surface area contributed by atoms with Crippen molar-refractivity contribution in [1.82, 2.24) is 0 Å². The number of carboxylic acid groups (broad SMARTS) is 1. The molecule has 0 heterocycles. The number of likely N-dealkylation sites (N-methyl/N-ethyl adjacent to an activating group) is 1. The number of aliphatic carboxylic acids is 1. The van der Waals surface area contributed by atoms with Crippen LogP contribution in [0, 0.1) is 0 Å². The fourth-order valence-corrected chi connectivity index (χ4v) is 6.68. The van der Waals surface area contributed by atoms with Gasteiger partial charge in [0, 0.05) is 19.3 Å². The van der Waals surface area contributed by atoms with Crippen LogP contribution in [0.3, 0.4) is 0 Å². The largest absolute Gasteiger partial charge is 0.544 e. The summed E-state index contributed by atoms with van der Waals surface area (Å²) in [4.78, 5) is 36.9. The van der Waals surface area contributed by atoms with E-state index in [1.807, 2.05) is 0 Å². The summed E-state index contributed by atoms with van der Waals surface area (Å²) in [5.41, 5.74) is 0. The second-order valence-electron chi connectivity index (χ2n) is 17.0. The number of rotatable bonds is 42. The molecule has 0 aliphatic rings. The average Bonchev–Trinajstić information content (AvgIpc) is 3.19. The number of carbonyl (C=O) groups excluding carboxylic acids is 3. The van der Waals surface area contributed by atoms with E-state index in [9.17, 15) is 19.5 Å². The Morgan fingerprint density at radius 3 is 1.36 bits per heavy atom. The lowest BCUT2D eigenvalue weighted by molar-refractivity contribution is -0.889. The van der Waals surface area contributed by atoms with Crippen LogP contribution in [-0.4, -0.2) is 75.5 Å². The second kappa shape index (κ2) is 41.8. The number of unbranched alkanes of at least 4 members (excludes halogenated alkanes) is 18. The number of ether oxygens (including phenoxy) is 3. The van der Waals surface area contributed by atoms with Gasteiger partial charge in [0.05, 0.1) is 40.3 Å². The molecule has 0 saturated heterocycles. The summed E-state index contributed by atoms with van der Waals surface area (Å²) in [6.07, 6.45) is 51.0. The zero-order valence-corrected chi connectivity index (χ0v) is 38.7. The zero-order chi connectivity index (χ0) is 43.5. The van der Waals surface area contributed by atoms with E-state index in [2.05, 4.69) is 74.6 Å². The molecule has 0 amide bonds. The van der Waals surface area contributed by atoms with E-state index in [0.29, 0.717) is 19.3 Å². The maximum atomic E-state index is 12.7. The Morgan fingerprint density at radius 1 is 0.508 bits per heavy atom. The highest BCUT2D eigenvalue weighted by atomic mass is 16.6. The Bertz CT molecular complexity index is 1150. The number of carbonyl (C=O) groups is 3. The van der Waals surface area contributed by atoms with Gasteiger partial charge in [0.15, 0.2) is 6.10 Å². The highest BCUT2D eigenvalue weighted by molar-refractivity contribution is 5.70. The molecule has 0 aromatic heterocycles. The number of hydrogen-bond donors (Lipinski definition) is 0. The predicted octanol–water partition coefficient (Wildman–Crippen LogP) is 12.0. The average molecular weight is 828 g/mol. The lowest BCUT2D eigenvalue weighted by Crippen LogP contribution is -2.55. The minimum atomic E-state index is -1.13. The van der Waals surface area contributed by atoms with Gasteiger partial charge in [0.25, 0.3) is 0 Å². The zero-order valence-electron chi connectivity index (χ0n) is 38.7. The smallest absolute Gasteiger partial charge is 0.306 e. The number of nitrogens with zero attached hydrogens (tertiary/aromatic N) is 1. The number of carboxylic acids is 1. The lowest BCUT2D eigenvalue weighted by atomic mass is 10.0. The Morgan fingerprint density at radius 2 is 0.898 bits per heavy atom. The van der Waals surface area contributed by atoms with Crippen LogP contribution >= 0.6 is 0 Å². The highest BCUT2D eigenvalue weighted by Crippen LogP contribution is 2.15. The van der Waals surface area contributed by atoms with Crippen molar-refractivity contribution in [1.29, 1.82) is 0 Å². The van der Waals surface area contributed by atoms with Crippen molar-refractivity contribution in [3.8, 4) is 0 Å². The predicted molar refractivity (Wildman–Crippen MR) is 245 cm³/mol. The Kier molecular flexibility index (Phi) is 39.6. The third-order valence-electron chi connectivity index (χ3n) is 10.4. The van der Waals surface area contributed by atoms with Crippen molar-refractivity contribution in [2.24, 2.45) is 0 Å². The van der Waals surface area contributed by atoms with E-state index in [1.54, 1.807) is 21.1 Å². The SMILES string of the molecule is CCCCC/C=C/C/C=C/C/C=C/C/C=C/C/C=C/CCCCC(=O)OCC(COCCC(C(=O)[O-])[N+](C)(C)C)OC(=O)CCCCCCCCCCCCCCCC. The Balaban J connectivity index is 4.37. The minimum Gasteiger partial charge on any atom is -0.544 e. The second-order valence-corrected chi connectivity index (χ2v) is 17.0. The molecular formula is C51H89NO7. The van der Waals surface area contributed by atoms with Crippen LogP contribution in [-0.2, 0) is 28.6 Å². The normalized spacial score (nSPS) is 13.4. The van der Waals surface area contributed by atoms with Crippen molar-refractivity contribution in [2.75, 3.05) is 41.0 Å². The van der Waals surface area contributed by atoms with E-state index < -0.39 is 18.1 Å². The van der Waals surface area contributed by atoms with Crippen LogP contribution in [0.1, 0.15) is 194 Å². The van der Waals surface area contributed by atoms with Gasteiger partial charge >= 0.3 is 11.9 Å². The molecule has 59 heavy (non-hydrogen) atoms. The van der Waals surface area contributed by atoms with Gasteiger partial charge in [-0.15, -0.1) is 0 Å². The van der Waals surface area contributed by atoms with Gasteiger partial charge in [0.2, 0.25) is 0 Å². The number of hydrogen-bond acceptors (Lipinski definition) is 7. The summed E-state index contributed by atoms with van der Waals surface area (Å²) < 4.78 is 17.2. The van der Waals surface area contributed by atoms with Crippen LogP contribution < -0.4 is 5.11 Å². The Labute approximate surface area is 362 Å². The summed E-state index contributed by atoms with van der Waals surface area (Å²) >= 11 is 0. The van der Waals surface area contributed by atoms with E-state index >= 15 is 0 Å². The first-order chi connectivity index (χ1) is 28.6. The van der Waals surface area contributed by atoms with Crippen molar-refractivity contribution < 1.29 is 38.2 Å². The molecule has 0 fully saturated rings. The number of quaternary nitrogens is 1. The maximum absolute atomic E-state index is 12.7. The van der Waals surface area contributed by atoms with Gasteiger partial charge in [-0.25, -0.2) is 0 Å². The first-order valence-electron chi connectivity index (χ1n) is 23.8. The van der Waals surface area contributed by atoms with Gasteiger partial charge < -0.3 is 28.6 Å². The van der Waals surface area contributed by atoms with Crippen molar-refractivity contribution in [3.05, 3.63) is 60.8 Å². The summed E-state index contributed by atoms with van der Waals surface area (Å²) in [6.45, 7) is 4.59. The van der Waals surface area contributed by atoms with Crippen LogP contribution in [0.2, 0.25) is 0 Å². The molecule has 0 aromatic rings. The molecule has 8 heteroatoms. The quantitative estimate of drug-likeness (QED) is 0.0261. The molecule has 0 radical (unpaired) electrons. The highest BCUT2D eigenvalue weighted by Gasteiger charge is 2.25. The van der Waals surface area contributed by atoms with Crippen LogP contribution in [0.25, 0.3) is 0 Å². The van der Waals surface area contributed by atoms with Gasteiger partial charge in [-0.05, 0) is 64.2 Å². The molecule has 0 aliphatic carbocycles. The van der Waals surface area contributed by atoms with Gasteiger partial charge in [0.1, 0.15) is 12.6 Å². The van der Waals surface area contributed by atoms with Crippen LogP contribution in [0.4, 0.5) is 0 Å². The van der Waals surface area contributed by atoms with Crippen LogP contribution in [0.5, 0.6) is 0 Å². The molecule has 2 unspecified atom stereocenters. The van der Waals surface area contributed by atoms with E-state index in [-0.39, 0.29) is 42.7 Å². The molecular weight excluding hydrogens is 739 g/mol. The lowest BCUT2D eigenvalue weighted by Gasteiger charge is -2.34. The molecule has 340 valence electrons. The number of esters is 2. The molecule has 0 aromatic carbocycles. The third kappa shape index (κ3) is 40.2. The molecule has 0 N–H and O–H groups in total. The van der Waals surface area contributed by atoms with Crippen molar-refractivity contribution in [3.63, 3.8) is 0 Å².